The van der Waals surface area contributed by atoms with Gasteiger partial charge in [0.05, 0.1) is 18.6 Å². The molecule has 4 aromatic rings. The van der Waals surface area contributed by atoms with Gasteiger partial charge in [-0.05, 0) is 35.4 Å². The lowest BCUT2D eigenvalue weighted by Crippen LogP contribution is -2.60. The Morgan fingerprint density at radius 2 is 1.23 bits per heavy atom. The number of aliphatic hydroxyl groups excluding tert-OH is 5. The highest BCUT2D eigenvalue weighted by Crippen LogP contribution is 2.58. The molecule has 3 aliphatic rings. The van der Waals surface area contributed by atoms with E-state index in [1.807, 2.05) is 0 Å². The zero-order chi connectivity index (χ0) is 38.0. The van der Waals surface area contributed by atoms with Gasteiger partial charge in [-0.25, -0.2) is 0 Å². The number of hydrogen-bond acceptors (Lipinski definition) is 17. The summed E-state index contributed by atoms with van der Waals surface area (Å²) in [5.41, 5.74) is -0.0891. The average Bonchev–Trinajstić information content (AvgIpc) is 3.11. The number of phenolic OH excluding ortho intramolecular Hbond substituents is 8. The van der Waals surface area contributed by atoms with Crippen molar-refractivity contribution < 1.29 is 85.3 Å². The SMILES string of the molecule is OCC1OC(OC2C(c3ccc(O)c(O)c3)Oc3cc(O)cc(O)c3C2c2c(O)cc(O)c3c2OC(c2ccc(O)c(O)c2)C(O)C3)C(O)C(O)C1O. The third kappa shape index (κ3) is 6.17. The molecule has 282 valence electrons. The highest BCUT2D eigenvalue weighted by molar-refractivity contribution is 5.66. The second kappa shape index (κ2) is 13.5. The van der Waals surface area contributed by atoms with Crippen molar-refractivity contribution in [2.24, 2.45) is 0 Å². The molecule has 0 spiro atoms. The van der Waals surface area contributed by atoms with E-state index in [0.717, 1.165) is 36.4 Å². The highest BCUT2D eigenvalue weighted by atomic mass is 16.7. The molecule has 13 N–H and O–H groups in total. The fraction of sp³-hybridized carbons (Fsp3) is 0.333. The van der Waals surface area contributed by atoms with Gasteiger partial charge in [0, 0.05) is 41.3 Å². The zero-order valence-electron chi connectivity index (χ0n) is 27.3. The zero-order valence-corrected chi connectivity index (χ0v) is 27.3. The third-order valence-corrected chi connectivity index (χ3v) is 9.79. The number of fused-ring (bicyclic) bond motifs is 2. The molecular weight excluding hydrogens is 704 g/mol. The number of aromatic hydroxyl groups is 8. The van der Waals surface area contributed by atoms with E-state index in [0.29, 0.717) is 0 Å². The van der Waals surface area contributed by atoms with Crippen LogP contribution in [0.25, 0.3) is 0 Å². The minimum Gasteiger partial charge on any atom is -0.508 e. The Morgan fingerprint density at radius 3 is 1.85 bits per heavy atom. The fourth-order valence-electron chi connectivity index (χ4n) is 7.17. The molecule has 0 radical (unpaired) electrons. The van der Waals surface area contributed by atoms with Crippen LogP contribution >= 0.6 is 0 Å². The molecule has 3 heterocycles. The Kier molecular flexibility index (Phi) is 9.19. The summed E-state index contributed by atoms with van der Waals surface area (Å²) in [4.78, 5) is 0. The van der Waals surface area contributed by atoms with E-state index in [1.165, 1.54) is 18.2 Å². The van der Waals surface area contributed by atoms with E-state index >= 15 is 0 Å². The molecule has 10 atom stereocenters. The molecule has 1 saturated heterocycles. The number of rotatable bonds is 6. The lowest BCUT2D eigenvalue weighted by molar-refractivity contribution is -0.318. The minimum absolute atomic E-state index is 0.0127. The first-order chi connectivity index (χ1) is 25.2. The molecule has 0 amide bonds. The molecule has 7 rings (SSSR count). The van der Waals surface area contributed by atoms with E-state index in [1.54, 1.807) is 0 Å². The molecule has 4 aromatic carbocycles. The summed E-state index contributed by atoms with van der Waals surface area (Å²) in [5, 5.41) is 138. The molecule has 0 bridgehead atoms. The molecule has 1 fully saturated rings. The van der Waals surface area contributed by atoms with Crippen LogP contribution in [0.15, 0.2) is 54.6 Å². The van der Waals surface area contributed by atoms with E-state index in [9.17, 15) is 66.4 Å². The monoisotopic (exact) mass is 740 g/mol. The van der Waals surface area contributed by atoms with Crippen LogP contribution in [0.5, 0.6) is 57.5 Å². The summed E-state index contributed by atoms with van der Waals surface area (Å²) in [6.07, 6.45) is -14.9. The second-order valence-corrected chi connectivity index (χ2v) is 13.1. The van der Waals surface area contributed by atoms with Crippen LogP contribution in [0.2, 0.25) is 0 Å². The second-order valence-electron chi connectivity index (χ2n) is 13.1. The first kappa shape index (κ1) is 36.0. The van der Waals surface area contributed by atoms with Gasteiger partial charge in [0.25, 0.3) is 0 Å². The summed E-state index contributed by atoms with van der Waals surface area (Å²) in [6, 6.07) is 10.3. The number of ether oxygens (including phenoxy) is 4. The van der Waals surface area contributed by atoms with Crippen molar-refractivity contribution in [3.8, 4) is 57.5 Å². The van der Waals surface area contributed by atoms with Gasteiger partial charge in [-0.2, -0.15) is 0 Å². The van der Waals surface area contributed by atoms with Gasteiger partial charge in [0.15, 0.2) is 35.4 Å². The Labute approximate surface area is 299 Å². The molecular formula is C36H36O17. The number of benzene rings is 4. The van der Waals surface area contributed by atoms with Crippen LogP contribution in [-0.2, 0) is 15.9 Å². The third-order valence-electron chi connectivity index (χ3n) is 9.79. The molecule has 3 aliphatic heterocycles. The summed E-state index contributed by atoms with van der Waals surface area (Å²) in [5.74, 6) is -6.21. The maximum Gasteiger partial charge on any atom is 0.187 e. The van der Waals surface area contributed by atoms with Gasteiger partial charge in [0.1, 0.15) is 71.1 Å². The lowest BCUT2D eigenvalue weighted by Gasteiger charge is -2.46. The Morgan fingerprint density at radius 1 is 0.604 bits per heavy atom. The first-order valence-corrected chi connectivity index (χ1v) is 16.3. The maximum atomic E-state index is 11.7. The van der Waals surface area contributed by atoms with E-state index in [-0.39, 0.29) is 45.7 Å². The van der Waals surface area contributed by atoms with Crippen molar-refractivity contribution in [1.29, 1.82) is 0 Å². The lowest BCUT2D eigenvalue weighted by atomic mass is 9.77. The summed E-state index contributed by atoms with van der Waals surface area (Å²) < 4.78 is 24.6. The van der Waals surface area contributed by atoms with Crippen molar-refractivity contribution in [1.82, 2.24) is 0 Å². The molecule has 0 saturated carbocycles. The number of aliphatic hydroxyl groups is 5. The van der Waals surface area contributed by atoms with Crippen LogP contribution in [0.3, 0.4) is 0 Å². The molecule has 10 unspecified atom stereocenters. The smallest absolute Gasteiger partial charge is 0.187 e. The fourth-order valence-corrected chi connectivity index (χ4v) is 7.17. The molecule has 0 aromatic heterocycles. The van der Waals surface area contributed by atoms with Gasteiger partial charge >= 0.3 is 0 Å². The average molecular weight is 741 g/mol. The predicted molar refractivity (Wildman–Crippen MR) is 176 cm³/mol. The molecule has 17 nitrogen and oxygen atoms in total. The van der Waals surface area contributed by atoms with Crippen molar-refractivity contribution in [2.45, 2.75) is 67.5 Å². The summed E-state index contributed by atoms with van der Waals surface area (Å²) >= 11 is 0. The molecule has 17 heteroatoms. The van der Waals surface area contributed by atoms with Crippen molar-refractivity contribution in [3.63, 3.8) is 0 Å². The quantitative estimate of drug-likeness (QED) is 0.122. The summed E-state index contributed by atoms with van der Waals surface area (Å²) in [6.45, 7) is -0.815. The Balaban J connectivity index is 1.46. The van der Waals surface area contributed by atoms with Gasteiger partial charge < -0.3 is 85.3 Å². The molecule has 53 heavy (non-hydrogen) atoms. The van der Waals surface area contributed by atoms with Crippen LogP contribution in [-0.4, -0.2) is 116 Å². The van der Waals surface area contributed by atoms with E-state index in [2.05, 4.69) is 0 Å². The topological polar surface area (TPSA) is 300 Å². The predicted octanol–water partition coefficient (Wildman–Crippen LogP) is 0.819. The number of hydrogen-bond donors (Lipinski definition) is 13. The van der Waals surface area contributed by atoms with E-state index in [4.69, 9.17) is 18.9 Å². The standard InChI is InChI=1S/C36H36O17/c37-11-25-29(47)30(48)31(49)36(51-25)53-35-28(26-21(44)7-14(38)8-24(26)50-33(35)13-2-4-17(40)20(43)6-13)27-22(45)10-18(41)15-9-23(46)32(52-34(15)27)12-1-3-16(39)19(42)5-12/h1-8,10,23,25,28-33,35-49H,9,11H2. The van der Waals surface area contributed by atoms with Gasteiger partial charge in [-0.3, -0.25) is 0 Å². The van der Waals surface area contributed by atoms with E-state index < -0.39 is 114 Å². The minimum atomic E-state index is -1.96. The first-order valence-electron chi connectivity index (χ1n) is 16.3. The highest BCUT2D eigenvalue weighted by Gasteiger charge is 2.52. The Hall–Kier alpha value is -5.40. The van der Waals surface area contributed by atoms with Crippen LogP contribution in [0, 0.1) is 0 Å². The molecule has 0 aliphatic carbocycles. The van der Waals surface area contributed by atoms with Gasteiger partial charge in [0.2, 0.25) is 0 Å². The number of phenols is 8. The van der Waals surface area contributed by atoms with Gasteiger partial charge in [-0.15, -0.1) is 0 Å². The van der Waals surface area contributed by atoms with Crippen molar-refractivity contribution in [2.75, 3.05) is 6.61 Å². The van der Waals surface area contributed by atoms with Gasteiger partial charge in [-0.1, -0.05) is 12.1 Å². The Bertz CT molecular complexity index is 2030. The normalized spacial score (nSPS) is 29.4. The van der Waals surface area contributed by atoms with Crippen molar-refractivity contribution in [3.05, 3.63) is 82.4 Å². The van der Waals surface area contributed by atoms with Crippen LogP contribution in [0.4, 0.5) is 0 Å². The van der Waals surface area contributed by atoms with Crippen LogP contribution in [0.1, 0.15) is 45.9 Å². The van der Waals surface area contributed by atoms with Crippen molar-refractivity contribution >= 4 is 0 Å². The van der Waals surface area contributed by atoms with Crippen LogP contribution < -0.4 is 9.47 Å². The largest absolute Gasteiger partial charge is 0.508 e. The maximum absolute atomic E-state index is 11.7. The summed E-state index contributed by atoms with van der Waals surface area (Å²) in [7, 11) is 0.